The maximum Gasteiger partial charge on any atom is 0.0819 e. The van der Waals surface area contributed by atoms with Gasteiger partial charge in [0.1, 0.15) is 0 Å². The molecule has 0 spiro atoms. The molecule has 3 rings (SSSR count). The molecule has 1 atom stereocenters. The van der Waals surface area contributed by atoms with Crippen LogP contribution in [0.25, 0.3) is 0 Å². The van der Waals surface area contributed by atoms with Gasteiger partial charge in [-0.3, -0.25) is 9.88 Å². The van der Waals surface area contributed by atoms with Gasteiger partial charge in [-0.1, -0.05) is 41.9 Å². The third-order valence-electron chi connectivity index (χ3n) is 4.47. The molecular formula is C18H21ClN2O. The number of benzene rings is 1. The van der Waals surface area contributed by atoms with Crippen LogP contribution in [0.2, 0.25) is 5.02 Å². The van der Waals surface area contributed by atoms with E-state index < -0.39 is 0 Å². The van der Waals surface area contributed by atoms with Gasteiger partial charge in [-0.2, -0.15) is 0 Å². The van der Waals surface area contributed by atoms with Crippen LogP contribution >= 0.6 is 11.6 Å². The van der Waals surface area contributed by atoms with Crippen LogP contribution in [0.15, 0.2) is 48.8 Å². The Bertz CT molecular complexity index is 597. The zero-order chi connectivity index (χ0) is 15.4. The van der Waals surface area contributed by atoms with Crippen LogP contribution in [-0.4, -0.2) is 28.1 Å². The number of rotatable bonds is 4. The molecule has 0 bridgehead atoms. The molecular weight excluding hydrogens is 296 g/mol. The van der Waals surface area contributed by atoms with Gasteiger partial charge in [-0.15, -0.1) is 0 Å². The van der Waals surface area contributed by atoms with Gasteiger partial charge in [-0.05, 0) is 49.0 Å². The van der Waals surface area contributed by atoms with E-state index in [1.54, 1.807) is 12.4 Å². The van der Waals surface area contributed by atoms with Crippen molar-refractivity contribution in [2.24, 2.45) is 5.92 Å². The summed E-state index contributed by atoms with van der Waals surface area (Å²) in [4.78, 5) is 6.42. The predicted molar refractivity (Wildman–Crippen MR) is 88.6 cm³/mol. The molecule has 22 heavy (non-hydrogen) atoms. The molecule has 0 saturated carbocycles. The molecule has 0 radical (unpaired) electrons. The zero-order valence-corrected chi connectivity index (χ0v) is 13.3. The van der Waals surface area contributed by atoms with Crippen molar-refractivity contribution in [3.8, 4) is 0 Å². The lowest BCUT2D eigenvalue weighted by molar-refractivity contribution is 0.0568. The fourth-order valence-electron chi connectivity index (χ4n) is 3.12. The first-order valence-electron chi connectivity index (χ1n) is 7.78. The number of aliphatic hydroxyl groups excluding tert-OH is 1. The fraction of sp³-hybridized carbons (Fsp3) is 0.389. The van der Waals surface area contributed by atoms with Crippen molar-refractivity contribution in [1.29, 1.82) is 0 Å². The average molecular weight is 317 g/mol. The van der Waals surface area contributed by atoms with E-state index in [1.807, 2.05) is 36.4 Å². The quantitative estimate of drug-likeness (QED) is 0.934. The summed E-state index contributed by atoms with van der Waals surface area (Å²) in [5.41, 5.74) is 2.15. The number of aliphatic hydroxyl groups is 1. The summed E-state index contributed by atoms with van der Waals surface area (Å²) in [7, 11) is 0. The van der Waals surface area contributed by atoms with Gasteiger partial charge < -0.3 is 5.11 Å². The van der Waals surface area contributed by atoms with Crippen molar-refractivity contribution in [3.63, 3.8) is 0 Å². The number of aromatic nitrogens is 1. The van der Waals surface area contributed by atoms with E-state index in [0.717, 1.165) is 48.6 Å². The topological polar surface area (TPSA) is 36.4 Å². The summed E-state index contributed by atoms with van der Waals surface area (Å²) in [6, 6.07) is 11.9. The van der Waals surface area contributed by atoms with Gasteiger partial charge >= 0.3 is 0 Å². The predicted octanol–water partition coefficient (Wildman–Crippen LogP) is 3.68. The van der Waals surface area contributed by atoms with E-state index >= 15 is 0 Å². The monoisotopic (exact) mass is 316 g/mol. The first-order valence-corrected chi connectivity index (χ1v) is 8.15. The van der Waals surface area contributed by atoms with Crippen LogP contribution in [0.5, 0.6) is 0 Å². The lowest BCUT2D eigenvalue weighted by Gasteiger charge is -2.34. The van der Waals surface area contributed by atoms with Crippen LogP contribution in [0, 0.1) is 5.92 Å². The van der Waals surface area contributed by atoms with Crippen molar-refractivity contribution >= 4 is 11.6 Å². The summed E-state index contributed by atoms with van der Waals surface area (Å²) < 4.78 is 0. The van der Waals surface area contributed by atoms with Gasteiger partial charge in [0.05, 0.1) is 11.1 Å². The Labute approximate surface area is 136 Å². The first kappa shape index (κ1) is 15.5. The van der Waals surface area contributed by atoms with E-state index in [0.29, 0.717) is 5.92 Å². The van der Waals surface area contributed by atoms with Gasteiger partial charge in [-0.25, -0.2) is 0 Å². The molecule has 0 aliphatic carbocycles. The van der Waals surface area contributed by atoms with Crippen LogP contribution in [0.1, 0.15) is 30.1 Å². The highest BCUT2D eigenvalue weighted by molar-refractivity contribution is 6.31. The van der Waals surface area contributed by atoms with E-state index in [2.05, 4.69) is 9.88 Å². The Hall–Kier alpha value is -1.42. The molecule has 1 aliphatic heterocycles. The Kier molecular flexibility index (Phi) is 5.08. The number of likely N-dealkylation sites (tertiary alicyclic amines) is 1. The molecule has 1 N–H and O–H groups in total. The first-order chi connectivity index (χ1) is 10.7. The minimum absolute atomic E-state index is 0.339. The van der Waals surface area contributed by atoms with Crippen molar-refractivity contribution in [2.45, 2.75) is 25.5 Å². The lowest BCUT2D eigenvalue weighted by Crippen LogP contribution is -2.35. The highest BCUT2D eigenvalue weighted by atomic mass is 35.5. The minimum Gasteiger partial charge on any atom is -0.388 e. The summed E-state index contributed by atoms with van der Waals surface area (Å²) in [6.07, 6.45) is 5.15. The molecule has 1 aliphatic rings. The average Bonchev–Trinajstić information content (AvgIpc) is 2.58. The van der Waals surface area contributed by atoms with Crippen LogP contribution < -0.4 is 0 Å². The summed E-state index contributed by atoms with van der Waals surface area (Å²) in [6.45, 7) is 2.84. The molecule has 2 aromatic rings. The molecule has 1 saturated heterocycles. The molecule has 1 aromatic carbocycles. The number of hydrogen-bond acceptors (Lipinski definition) is 3. The van der Waals surface area contributed by atoms with Gasteiger partial charge in [0.2, 0.25) is 0 Å². The van der Waals surface area contributed by atoms with Crippen molar-refractivity contribution in [1.82, 2.24) is 9.88 Å². The molecule has 1 aromatic heterocycles. The third-order valence-corrected chi connectivity index (χ3v) is 4.81. The highest BCUT2D eigenvalue weighted by Gasteiger charge is 2.26. The Morgan fingerprint density at radius 2 is 1.91 bits per heavy atom. The normalized spacial score (nSPS) is 18.3. The second kappa shape index (κ2) is 7.23. The third kappa shape index (κ3) is 3.67. The van der Waals surface area contributed by atoms with Crippen LogP contribution in [-0.2, 0) is 6.54 Å². The number of nitrogens with zero attached hydrogens (tertiary/aromatic N) is 2. The molecule has 3 nitrogen and oxygen atoms in total. The Balaban J connectivity index is 1.55. The van der Waals surface area contributed by atoms with E-state index in [1.165, 1.54) is 0 Å². The smallest absolute Gasteiger partial charge is 0.0819 e. The summed E-state index contributed by atoms with van der Waals surface area (Å²) in [5, 5.41) is 11.2. The number of halogens is 1. The fourth-order valence-corrected chi connectivity index (χ4v) is 3.30. The van der Waals surface area contributed by atoms with E-state index in [9.17, 15) is 5.11 Å². The van der Waals surface area contributed by atoms with Crippen molar-refractivity contribution in [3.05, 3.63) is 64.9 Å². The van der Waals surface area contributed by atoms with Gasteiger partial charge in [0.25, 0.3) is 0 Å². The van der Waals surface area contributed by atoms with E-state index in [4.69, 9.17) is 11.6 Å². The molecule has 0 amide bonds. The number of pyridine rings is 1. The van der Waals surface area contributed by atoms with Crippen LogP contribution in [0.4, 0.5) is 0 Å². The minimum atomic E-state index is -0.354. The second-order valence-electron chi connectivity index (χ2n) is 5.94. The van der Waals surface area contributed by atoms with E-state index in [-0.39, 0.29) is 6.10 Å². The number of hydrogen-bond donors (Lipinski definition) is 1. The van der Waals surface area contributed by atoms with Crippen molar-refractivity contribution in [2.75, 3.05) is 13.1 Å². The largest absolute Gasteiger partial charge is 0.388 e. The molecule has 2 heterocycles. The lowest BCUT2D eigenvalue weighted by atomic mass is 9.87. The van der Waals surface area contributed by atoms with Crippen molar-refractivity contribution < 1.29 is 5.11 Å². The molecule has 1 unspecified atom stereocenters. The Morgan fingerprint density at radius 3 is 2.59 bits per heavy atom. The summed E-state index contributed by atoms with van der Waals surface area (Å²) >= 11 is 6.17. The zero-order valence-electron chi connectivity index (χ0n) is 12.5. The van der Waals surface area contributed by atoms with Gasteiger partial charge in [0, 0.05) is 18.9 Å². The SMILES string of the molecule is OC(c1ccccc1)C1CCN(Cc2ccncc2Cl)CC1. The molecule has 4 heteroatoms. The van der Waals surface area contributed by atoms with Gasteiger partial charge in [0.15, 0.2) is 0 Å². The summed E-state index contributed by atoms with van der Waals surface area (Å²) in [5.74, 6) is 0.339. The maximum absolute atomic E-state index is 10.5. The highest BCUT2D eigenvalue weighted by Crippen LogP contribution is 2.31. The van der Waals surface area contributed by atoms with Crippen LogP contribution in [0.3, 0.4) is 0 Å². The number of piperidine rings is 1. The second-order valence-corrected chi connectivity index (χ2v) is 6.34. The maximum atomic E-state index is 10.5. The standard InChI is InChI=1S/C18H21ClN2O/c19-17-12-20-9-6-16(17)13-21-10-7-15(8-11-21)18(22)14-4-2-1-3-5-14/h1-6,9,12,15,18,22H,7-8,10-11,13H2. The Morgan fingerprint density at radius 1 is 1.18 bits per heavy atom. The molecule has 1 fully saturated rings. The molecule has 116 valence electrons.